The first-order valence-electron chi connectivity index (χ1n) is 6.86. The van der Waals surface area contributed by atoms with Gasteiger partial charge in [0, 0.05) is 37.2 Å². The molecule has 7 heteroatoms. The molecule has 1 heterocycles. The zero-order chi connectivity index (χ0) is 14.5. The summed E-state index contributed by atoms with van der Waals surface area (Å²) >= 11 is 0. The molecule has 0 radical (unpaired) electrons. The lowest BCUT2D eigenvalue weighted by atomic mass is 10.0. The average molecular weight is 322 g/mol. The molecule has 3 N–H and O–H groups in total. The van der Waals surface area contributed by atoms with Crippen molar-refractivity contribution >= 4 is 12.4 Å². The molecule has 1 aliphatic rings. The van der Waals surface area contributed by atoms with Crippen molar-refractivity contribution in [2.45, 2.75) is 25.9 Å². The highest BCUT2D eigenvalue weighted by atomic mass is 35.5. The van der Waals surface area contributed by atoms with Crippen molar-refractivity contribution in [1.29, 1.82) is 0 Å². The third kappa shape index (κ3) is 5.39. The predicted octanol–water partition coefficient (Wildman–Crippen LogP) is 1.86. The number of halogens is 3. The van der Waals surface area contributed by atoms with Crippen LogP contribution in [0.5, 0.6) is 5.75 Å². The number of benzene rings is 1. The second-order valence-electron chi connectivity index (χ2n) is 5.27. The molecule has 1 aliphatic heterocycles. The van der Waals surface area contributed by atoms with E-state index in [4.69, 9.17) is 4.74 Å². The quantitative estimate of drug-likeness (QED) is 0.748. The maximum atomic E-state index is 13.4. The van der Waals surface area contributed by atoms with Crippen LogP contribution in [0.2, 0.25) is 0 Å². The second-order valence-corrected chi connectivity index (χ2v) is 5.27. The second kappa shape index (κ2) is 8.48. The Kier molecular flexibility index (Phi) is 7.31. The van der Waals surface area contributed by atoms with Crippen molar-refractivity contribution in [3.8, 4) is 5.75 Å². The zero-order valence-corrected chi connectivity index (χ0v) is 13.0. The third-order valence-corrected chi connectivity index (χ3v) is 3.51. The van der Waals surface area contributed by atoms with E-state index in [-0.39, 0.29) is 24.2 Å². The van der Waals surface area contributed by atoms with Crippen LogP contribution in [0.25, 0.3) is 0 Å². The highest BCUT2D eigenvalue weighted by molar-refractivity contribution is 5.85. The third-order valence-electron chi connectivity index (χ3n) is 3.51. The molecule has 0 amide bonds. The minimum absolute atomic E-state index is 0. The van der Waals surface area contributed by atoms with E-state index in [2.05, 4.69) is 23.1 Å². The van der Waals surface area contributed by atoms with Gasteiger partial charge in [0.1, 0.15) is 12.4 Å². The summed E-state index contributed by atoms with van der Waals surface area (Å²) in [5.74, 6) is -0.677. The first kappa shape index (κ1) is 18.1. The van der Waals surface area contributed by atoms with E-state index < -0.39 is 11.6 Å². The first-order chi connectivity index (χ1) is 9.56. The molecule has 0 aliphatic carbocycles. The highest BCUT2D eigenvalue weighted by Crippen LogP contribution is 2.17. The van der Waals surface area contributed by atoms with Crippen LogP contribution in [0.15, 0.2) is 18.2 Å². The molecule has 21 heavy (non-hydrogen) atoms. The Balaban J connectivity index is 0.00000220. The number of nitrogens with one attached hydrogen (secondary N) is 3. The van der Waals surface area contributed by atoms with Gasteiger partial charge in [-0.2, -0.15) is 0 Å². The number of hydrazine groups is 1. The van der Waals surface area contributed by atoms with Gasteiger partial charge < -0.3 is 10.1 Å². The van der Waals surface area contributed by atoms with Gasteiger partial charge >= 0.3 is 0 Å². The molecule has 0 aromatic heterocycles. The summed E-state index contributed by atoms with van der Waals surface area (Å²) in [6.07, 6.45) is 0. The highest BCUT2D eigenvalue weighted by Gasteiger charge is 2.22. The van der Waals surface area contributed by atoms with Crippen LogP contribution in [0.4, 0.5) is 8.78 Å². The average Bonchev–Trinajstić information content (AvgIpc) is 2.81. The Bertz CT molecular complexity index is 450. The van der Waals surface area contributed by atoms with Gasteiger partial charge in [0.25, 0.3) is 0 Å². The summed E-state index contributed by atoms with van der Waals surface area (Å²) in [6, 6.07) is 3.83. The Labute approximate surface area is 130 Å². The van der Waals surface area contributed by atoms with Crippen molar-refractivity contribution in [3.05, 3.63) is 29.8 Å². The van der Waals surface area contributed by atoms with Crippen molar-refractivity contribution in [3.63, 3.8) is 0 Å². The maximum Gasteiger partial charge on any atom is 0.167 e. The minimum atomic E-state index is -0.671. The number of ether oxygens (including phenoxy) is 1. The fourth-order valence-corrected chi connectivity index (χ4v) is 2.11. The molecule has 1 saturated heterocycles. The molecular weight excluding hydrogens is 300 g/mol. The molecule has 2 rings (SSSR count). The minimum Gasteiger partial charge on any atom is -0.489 e. The van der Waals surface area contributed by atoms with Crippen LogP contribution in [-0.4, -0.2) is 31.8 Å². The number of rotatable bonds is 6. The Morgan fingerprint density at radius 1 is 1.43 bits per heavy atom. The largest absolute Gasteiger partial charge is 0.489 e. The molecule has 1 fully saturated rings. The Hall–Kier alpha value is -0.950. The van der Waals surface area contributed by atoms with E-state index in [9.17, 15) is 8.78 Å². The van der Waals surface area contributed by atoms with E-state index in [1.54, 1.807) is 0 Å². The topological polar surface area (TPSA) is 45.3 Å². The maximum absolute atomic E-state index is 13.4. The van der Waals surface area contributed by atoms with Crippen LogP contribution < -0.4 is 20.9 Å². The lowest BCUT2D eigenvalue weighted by Crippen LogP contribution is -2.39. The summed E-state index contributed by atoms with van der Waals surface area (Å²) in [7, 11) is 0. The van der Waals surface area contributed by atoms with Gasteiger partial charge in [-0.1, -0.05) is 0 Å². The molecular formula is C14H22ClF2N3O. The monoisotopic (exact) mass is 321 g/mol. The van der Waals surface area contributed by atoms with Gasteiger partial charge in [-0.15, -0.1) is 12.4 Å². The van der Waals surface area contributed by atoms with Gasteiger partial charge in [0.15, 0.2) is 11.6 Å². The molecule has 0 spiro atoms. The van der Waals surface area contributed by atoms with Gasteiger partial charge in [0.2, 0.25) is 0 Å². The van der Waals surface area contributed by atoms with Crippen LogP contribution in [0, 0.1) is 17.6 Å². The summed E-state index contributed by atoms with van der Waals surface area (Å²) in [6.45, 7) is 6.22. The Morgan fingerprint density at radius 2 is 2.19 bits per heavy atom. The Morgan fingerprint density at radius 3 is 2.81 bits per heavy atom. The molecule has 3 atom stereocenters. The van der Waals surface area contributed by atoms with E-state index in [0.29, 0.717) is 18.6 Å². The van der Waals surface area contributed by atoms with Crippen LogP contribution in [-0.2, 0) is 0 Å². The zero-order valence-electron chi connectivity index (χ0n) is 12.2. The van der Waals surface area contributed by atoms with Crippen LogP contribution in [0.1, 0.15) is 13.8 Å². The molecule has 0 saturated carbocycles. The van der Waals surface area contributed by atoms with Gasteiger partial charge in [-0.05, 0) is 26.0 Å². The summed E-state index contributed by atoms with van der Waals surface area (Å²) < 4.78 is 31.5. The van der Waals surface area contributed by atoms with Gasteiger partial charge in [0.05, 0.1) is 0 Å². The van der Waals surface area contributed by atoms with Gasteiger partial charge in [-0.3, -0.25) is 10.9 Å². The molecule has 4 nitrogen and oxygen atoms in total. The van der Waals surface area contributed by atoms with Crippen LogP contribution in [0.3, 0.4) is 0 Å². The van der Waals surface area contributed by atoms with E-state index in [0.717, 1.165) is 19.2 Å². The van der Waals surface area contributed by atoms with Gasteiger partial charge in [-0.25, -0.2) is 8.78 Å². The SMILES string of the molecule is CC(COc1ccc(F)cc1F)NCC1CNNC1C.Cl. The lowest BCUT2D eigenvalue weighted by Gasteiger charge is -2.19. The molecule has 120 valence electrons. The van der Waals surface area contributed by atoms with Crippen molar-refractivity contribution in [2.75, 3.05) is 19.7 Å². The van der Waals surface area contributed by atoms with E-state index in [1.807, 2.05) is 6.92 Å². The number of hydrogen-bond acceptors (Lipinski definition) is 4. The first-order valence-corrected chi connectivity index (χ1v) is 6.86. The van der Waals surface area contributed by atoms with Crippen molar-refractivity contribution in [1.82, 2.24) is 16.2 Å². The normalized spacial score (nSPS) is 22.7. The summed E-state index contributed by atoms with van der Waals surface area (Å²) in [5, 5.41) is 3.35. The molecule has 1 aromatic rings. The summed E-state index contributed by atoms with van der Waals surface area (Å²) in [5.41, 5.74) is 6.27. The smallest absolute Gasteiger partial charge is 0.167 e. The summed E-state index contributed by atoms with van der Waals surface area (Å²) in [4.78, 5) is 0. The molecule has 3 unspecified atom stereocenters. The number of hydrogen-bond donors (Lipinski definition) is 3. The fourth-order valence-electron chi connectivity index (χ4n) is 2.11. The molecule has 1 aromatic carbocycles. The fraction of sp³-hybridized carbons (Fsp3) is 0.571. The standard InChI is InChI=1S/C14H21F2N3O.ClH/c1-9(17-6-11-7-18-19-10(11)2)8-20-14-4-3-12(15)5-13(14)16;/h3-5,9-11,17-19H,6-8H2,1-2H3;1H. The predicted molar refractivity (Wildman–Crippen MR) is 80.7 cm³/mol. The van der Waals surface area contributed by atoms with Crippen LogP contribution >= 0.6 is 12.4 Å². The lowest BCUT2D eigenvalue weighted by molar-refractivity contribution is 0.255. The van der Waals surface area contributed by atoms with E-state index in [1.165, 1.54) is 12.1 Å². The van der Waals surface area contributed by atoms with Crippen molar-refractivity contribution < 1.29 is 13.5 Å². The van der Waals surface area contributed by atoms with E-state index >= 15 is 0 Å². The van der Waals surface area contributed by atoms with Crippen molar-refractivity contribution in [2.24, 2.45) is 5.92 Å². The molecule has 0 bridgehead atoms.